The van der Waals surface area contributed by atoms with E-state index in [1.165, 1.54) is 10.4 Å². The van der Waals surface area contributed by atoms with Crippen molar-refractivity contribution in [3.05, 3.63) is 54.9 Å². The van der Waals surface area contributed by atoms with Crippen molar-refractivity contribution < 1.29 is 13.2 Å². The monoisotopic (exact) mass is 398 g/mol. The zero-order valence-electron chi connectivity index (χ0n) is 15.4. The number of carbonyl (C=O) groups is 1. The lowest BCUT2D eigenvalue weighted by Gasteiger charge is -2.16. The van der Waals surface area contributed by atoms with Gasteiger partial charge in [0.2, 0.25) is 15.9 Å². The molecule has 1 amide bonds. The largest absolute Gasteiger partial charge is 0.330 e. The third-order valence-electron chi connectivity index (χ3n) is 4.93. The Hall–Kier alpha value is -2.71. The molecule has 8 heteroatoms. The number of aromatic nitrogens is 2. The second-order valence-corrected chi connectivity index (χ2v) is 8.80. The summed E-state index contributed by atoms with van der Waals surface area (Å²) >= 11 is 0. The van der Waals surface area contributed by atoms with Gasteiger partial charge in [0.05, 0.1) is 22.3 Å². The highest BCUT2D eigenvalue weighted by atomic mass is 32.2. The molecule has 1 aromatic heterocycles. The van der Waals surface area contributed by atoms with Crippen molar-refractivity contribution in [3.63, 3.8) is 0 Å². The van der Waals surface area contributed by atoms with Crippen LogP contribution in [0.4, 0.5) is 5.69 Å². The highest BCUT2D eigenvalue weighted by Gasteiger charge is 2.27. The number of anilines is 1. The average molecular weight is 398 g/mol. The average Bonchev–Trinajstić information content (AvgIpc) is 3.37. The van der Waals surface area contributed by atoms with E-state index in [-0.39, 0.29) is 17.2 Å². The highest BCUT2D eigenvalue weighted by Crippen LogP contribution is 2.23. The van der Waals surface area contributed by atoms with Gasteiger partial charge in [-0.15, -0.1) is 0 Å². The van der Waals surface area contributed by atoms with Gasteiger partial charge in [-0.05, 0) is 43.2 Å². The number of hydrogen-bond acceptors (Lipinski definition) is 4. The molecule has 7 nitrogen and oxygen atoms in total. The summed E-state index contributed by atoms with van der Waals surface area (Å²) in [5.41, 5.74) is 2.36. The fraction of sp³-hybridized carbons (Fsp3) is 0.300. The number of benzene rings is 2. The predicted molar refractivity (Wildman–Crippen MR) is 107 cm³/mol. The van der Waals surface area contributed by atoms with Crippen molar-refractivity contribution in [2.24, 2.45) is 0 Å². The summed E-state index contributed by atoms with van der Waals surface area (Å²) < 4.78 is 28.8. The van der Waals surface area contributed by atoms with Gasteiger partial charge < -0.3 is 9.88 Å². The summed E-state index contributed by atoms with van der Waals surface area (Å²) in [5.74, 6) is -0.173. The number of amides is 1. The van der Waals surface area contributed by atoms with Crippen LogP contribution in [0.1, 0.15) is 19.3 Å². The minimum Gasteiger partial charge on any atom is -0.330 e. The number of imidazole rings is 1. The fourth-order valence-corrected chi connectivity index (χ4v) is 5.01. The van der Waals surface area contributed by atoms with E-state index in [2.05, 4.69) is 10.3 Å². The maximum Gasteiger partial charge on any atom is 0.243 e. The van der Waals surface area contributed by atoms with Crippen LogP contribution in [0.3, 0.4) is 0 Å². The van der Waals surface area contributed by atoms with E-state index in [9.17, 15) is 13.2 Å². The Morgan fingerprint density at radius 1 is 1.07 bits per heavy atom. The zero-order valence-corrected chi connectivity index (χ0v) is 16.2. The van der Waals surface area contributed by atoms with Gasteiger partial charge in [-0.2, -0.15) is 4.31 Å². The van der Waals surface area contributed by atoms with Crippen LogP contribution in [0.5, 0.6) is 0 Å². The first-order valence-electron chi connectivity index (χ1n) is 9.34. The van der Waals surface area contributed by atoms with Crippen LogP contribution in [0, 0.1) is 0 Å². The van der Waals surface area contributed by atoms with Crippen molar-refractivity contribution in [2.75, 3.05) is 18.4 Å². The van der Waals surface area contributed by atoms with Crippen molar-refractivity contribution in [1.29, 1.82) is 0 Å². The van der Waals surface area contributed by atoms with Gasteiger partial charge in [0.15, 0.2) is 0 Å². The molecule has 3 aromatic rings. The number of fused-ring (bicyclic) bond motifs is 1. The first-order chi connectivity index (χ1) is 13.5. The lowest BCUT2D eigenvalue weighted by Crippen LogP contribution is -2.27. The smallest absolute Gasteiger partial charge is 0.243 e. The Morgan fingerprint density at radius 2 is 1.86 bits per heavy atom. The molecular formula is C20H22N4O3S. The van der Waals surface area contributed by atoms with Crippen LogP contribution >= 0.6 is 0 Å². The molecular weight excluding hydrogens is 376 g/mol. The first-order valence-corrected chi connectivity index (χ1v) is 10.8. The second kappa shape index (κ2) is 7.73. The minimum absolute atomic E-state index is 0.173. The molecule has 0 spiro atoms. The molecule has 1 N–H and O–H groups in total. The van der Waals surface area contributed by atoms with Crippen LogP contribution in [0.2, 0.25) is 0 Å². The van der Waals surface area contributed by atoms with E-state index in [1.54, 1.807) is 24.5 Å². The lowest BCUT2D eigenvalue weighted by molar-refractivity contribution is -0.116. The molecule has 1 fully saturated rings. The molecule has 4 rings (SSSR count). The van der Waals surface area contributed by atoms with E-state index < -0.39 is 10.0 Å². The molecule has 0 atom stereocenters. The molecule has 1 aliphatic heterocycles. The molecule has 28 heavy (non-hydrogen) atoms. The van der Waals surface area contributed by atoms with E-state index in [0.29, 0.717) is 25.3 Å². The standard InChI is InChI=1S/C20H22N4O3S/c25-20(10-13-23-15-21-18-8-1-2-9-19(18)23)22-16-6-5-7-17(14-16)28(26,27)24-11-3-4-12-24/h1-2,5-9,14-15H,3-4,10-13H2,(H,22,25). The van der Waals surface area contributed by atoms with Crippen LogP contribution in [-0.4, -0.2) is 41.3 Å². The minimum atomic E-state index is -3.50. The van der Waals surface area contributed by atoms with Crippen molar-refractivity contribution in [3.8, 4) is 0 Å². The number of carbonyl (C=O) groups excluding carboxylic acids is 1. The van der Waals surface area contributed by atoms with Crippen molar-refractivity contribution in [1.82, 2.24) is 13.9 Å². The van der Waals surface area contributed by atoms with E-state index in [0.717, 1.165) is 23.9 Å². The van der Waals surface area contributed by atoms with Crippen molar-refractivity contribution >= 4 is 32.7 Å². The van der Waals surface area contributed by atoms with Crippen LogP contribution in [-0.2, 0) is 21.4 Å². The van der Waals surface area contributed by atoms with Gasteiger partial charge in [0.25, 0.3) is 0 Å². The molecule has 1 aliphatic rings. The number of nitrogens with one attached hydrogen (secondary N) is 1. The second-order valence-electron chi connectivity index (χ2n) is 6.86. The fourth-order valence-electron chi connectivity index (χ4n) is 3.45. The maximum atomic E-state index is 12.7. The van der Waals surface area contributed by atoms with Crippen LogP contribution in [0.25, 0.3) is 11.0 Å². The third kappa shape index (κ3) is 3.79. The van der Waals surface area contributed by atoms with Crippen molar-refractivity contribution in [2.45, 2.75) is 30.7 Å². The SMILES string of the molecule is O=C(CCn1cnc2ccccc21)Nc1cccc(S(=O)(=O)N2CCCC2)c1. The quantitative estimate of drug-likeness (QED) is 0.692. The maximum absolute atomic E-state index is 12.7. The van der Waals surface area contributed by atoms with Gasteiger partial charge in [-0.3, -0.25) is 4.79 Å². The molecule has 0 saturated carbocycles. The molecule has 0 bridgehead atoms. The molecule has 0 radical (unpaired) electrons. The number of para-hydroxylation sites is 2. The topological polar surface area (TPSA) is 84.3 Å². The molecule has 2 heterocycles. The Balaban J connectivity index is 1.42. The Morgan fingerprint density at radius 3 is 2.68 bits per heavy atom. The van der Waals surface area contributed by atoms with Gasteiger partial charge >= 0.3 is 0 Å². The van der Waals surface area contributed by atoms with Gasteiger partial charge in [-0.25, -0.2) is 13.4 Å². The Kier molecular flexibility index (Phi) is 5.15. The summed E-state index contributed by atoms with van der Waals surface area (Å²) in [6.07, 6.45) is 3.77. The molecule has 2 aromatic carbocycles. The summed E-state index contributed by atoms with van der Waals surface area (Å²) in [5, 5.41) is 2.80. The van der Waals surface area contributed by atoms with E-state index >= 15 is 0 Å². The third-order valence-corrected chi connectivity index (χ3v) is 6.82. The van der Waals surface area contributed by atoms with E-state index in [1.807, 2.05) is 28.8 Å². The zero-order chi connectivity index (χ0) is 19.6. The van der Waals surface area contributed by atoms with Gasteiger partial charge in [0, 0.05) is 31.7 Å². The molecule has 146 valence electrons. The number of rotatable bonds is 6. The Labute approximate surface area is 164 Å². The molecule has 0 aliphatic carbocycles. The predicted octanol–water partition coefficient (Wildman–Crippen LogP) is 2.85. The number of aryl methyl sites for hydroxylation is 1. The number of nitrogens with zero attached hydrogens (tertiary/aromatic N) is 3. The number of sulfonamides is 1. The van der Waals surface area contributed by atoms with Crippen LogP contribution in [0.15, 0.2) is 59.8 Å². The Bertz CT molecular complexity index is 1100. The summed E-state index contributed by atoms with van der Waals surface area (Å²) in [7, 11) is -3.50. The van der Waals surface area contributed by atoms with Crippen LogP contribution < -0.4 is 5.32 Å². The normalized spacial score (nSPS) is 15.1. The molecule has 0 unspecified atom stereocenters. The summed E-state index contributed by atoms with van der Waals surface area (Å²) in [6.45, 7) is 1.60. The van der Waals surface area contributed by atoms with Gasteiger partial charge in [0.1, 0.15) is 0 Å². The lowest BCUT2D eigenvalue weighted by atomic mass is 10.3. The number of hydrogen-bond donors (Lipinski definition) is 1. The highest BCUT2D eigenvalue weighted by molar-refractivity contribution is 7.89. The van der Waals surface area contributed by atoms with E-state index in [4.69, 9.17) is 0 Å². The first kappa shape index (κ1) is 18.6. The summed E-state index contributed by atoms with van der Waals surface area (Å²) in [4.78, 5) is 16.9. The van der Waals surface area contributed by atoms with Gasteiger partial charge in [-0.1, -0.05) is 18.2 Å². The molecule has 1 saturated heterocycles. The summed E-state index contributed by atoms with van der Waals surface area (Å²) in [6, 6.07) is 14.2.